The van der Waals surface area contributed by atoms with Gasteiger partial charge in [-0.3, -0.25) is 4.79 Å². The lowest BCUT2D eigenvalue weighted by Gasteiger charge is -1.88. The van der Waals surface area contributed by atoms with Gasteiger partial charge in [-0.05, 0) is 13.3 Å². The summed E-state index contributed by atoms with van der Waals surface area (Å²) in [4.78, 5) is 26.6. The van der Waals surface area contributed by atoms with Gasteiger partial charge in [0.05, 0.1) is 12.4 Å². The molecule has 0 saturated heterocycles. The largest absolute Gasteiger partial charge is 0.367 e. The summed E-state index contributed by atoms with van der Waals surface area (Å²) in [5.74, 6) is -0.327. The molecule has 0 radical (unpaired) electrons. The molecule has 0 bridgehead atoms. The molecule has 2 N–H and O–H groups in total. The highest BCUT2D eigenvalue weighted by molar-refractivity contribution is 6.25. The van der Waals surface area contributed by atoms with Crippen LogP contribution in [0.15, 0.2) is 21.6 Å². The number of aliphatic imine (C=N–C) groups is 2. The van der Waals surface area contributed by atoms with Gasteiger partial charge in [-0.2, -0.15) is 9.98 Å². The Morgan fingerprint density at radius 2 is 2.00 bits per heavy atom. The molecular formula is C9H13N3O2. The Balaban J connectivity index is 0.000000249. The maximum atomic E-state index is 10.2. The molecule has 0 aromatic carbocycles. The standard InChI is InChI=1S/C6H11NO.C3H2N2O/c1-3-4-5(2)6(7)8;6-3-4-1-2-5-3/h4H,3H2,1-2H3,(H2,7,8);1-2H. The molecule has 1 rings (SSSR count). The first-order valence-corrected chi connectivity index (χ1v) is 4.15. The Morgan fingerprint density at radius 3 is 2.14 bits per heavy atom. The third-order valence-electron chi connectivity index (χ3n) is 1.34. The topological polar surface area (TPSA) is 84.9 Å². The lowest BCUT2D eigenvalue weighted by atomic mass is 10.2. The molecule has 76 valence electrons. The van der Waals surface area contributed by atoms with Crippen LogP contribution in [0.2, 0.25) is 0 Å². The fourth-order valence-electron chi connectivity index (χ4n) is 0.634. The Hall–Kier alpha value is -1.78. The van der Waals surface area contributed by atoms with Crippen molar-refractivity contribution in [2.24, 2.45) is 15.7 Å². The van der Waals surface area contributed by atoms with E-state index in [-0.39, 0.29) is 5.91 Å². The molecule has 0 unspecified atom stereocenters. The molecule has 1 heterocycles. The third-order valence-corrected chi connectivity index (χ3v) is 1.34. The van der Waals surface area contributed by atoms with Gasteiger partial charge >= 0.3 is 6.03 Å². The number of amides is 3. The van der Waals surface area contributed by atoms with Gasteiger partial charge in [0.15, 0.2) is 0 Å². The predicted octanol–water partition coefficient (Wildman–Crippen LogP) is 1.09. The van der Waals surface area contributed by atoms with E-state index < -0.39 is 6.03 Å². The highest BCUT2D eigenvalue weighted by Gasteiger charge is 1.92. The van der Waals surface area contributed by atoms with E-state index in [1.807, 2.05) is 13.0 Å². The molecule has 0 saturated carbocycles. The van der Waals surface area contributed by atoms with Crippen LogP contribution in [0, 0.1) is 0 Å². The quantitative estimate of drug-likeness (QED) is 0.669. The minimum atomic E-state index is -0.407. The second-order valence-electron chi connectivity index (χ2n) is 2.50. The van der Waals surface area contributed by atoms with Crippen molar-refractivity contribution in [2.45, 2.75) is 20.3 Å². The minimum absolute atomic E-state index is 0.327. The Bertz CT molecular complexity index is 289. The Labute approximate surface area is 82.4 Å². The van der Waals surface area contributed by atoms with Gasteiger partial charge in [-0.15, -0.1) is 0 Å². The van der Waals surface area contributed by atoms with Gasteiger partial charge in [0.2, 0.25) is 5.91 Å². The lowest BCUT2D eigenvalue weighted by Crippen LogP contribution is -2.11. The van der Waals surface area contributed by atoms with Crippen LogP contribution in [0.4, 0.5) is 4.79 Å². The molecule has 5 heteroatoms. The van der Waals surface area contributed by atoms with E-state index in [1.165, 1.54) is 12.4 Å². The summed E-state index contributed by atoms with van der Waals surface area (Å²) in [7, 11) is 0. The van der Waals surface area contributed by atoms with Gasteiger partial charge in [-0.1, -0.05) is 13.0 Å². The molecule has 1 aliphatic heterocycles. The van der Waals surface area contributed by atoms with Crippen molar-refractivity contribution in [1.29, 1.82) is 0 Å². The molecular weight excluding hydrogens is 182 g/mol. The van der Waals surface area contributed by atoms with E-state index in [0.29, 0.717) is 5.57 Å². The molecule has 0 aromatic heterocycles. The molecule has 0 atom stereocenters. The Morgan fingerprint density at radius 1 is 1.50 bits per heavy atom. The molecule has 1 aliphatic rings. The van der Waals surface area contributed by atoms with Crippen LogP contribution in [-0.4, -0.2) is 24.4 Å². The van der Waals surface area contributed by atoms with Crippen LogP contribution in [0.1, 0.15) is 20.3 Å². The van der Waals surface area contributed by atoms with Crippen molar-refractivity contribution in [3.8, 4) is 0 Å². The predicted molar refractivity (Wildman–Crippen MR) is 55.6 cm³/mol. The Kier molecular flexibility index (Phi) is 5.85. The number of hydrogen-bond acceptors (Lipinski definition) is 2. The molecule has 0 aliphatic carbocycles. The first kappa shape index (κ1) is 12.2. The van der Waals surface area contributed by atoms with Crippen LogP contribution < -0.4 is 5.73 Å². The molecule has 0 aromatic rings. The van der Waals surface area contributed by atoms with Crippen molar-refractivity contribution in [3.63, 3.8) is 0 Å². The fraction of sp³-hybridized carbons (Fsp3) is 0.333. The summed E-state index contributed by atoms with van der Waals surface area (Å²) in [5.41, 5.74) is 5.56. The number of nitrogens with zero attached hydrogens (tertiary/aromatic N) is 2. The van der Waals surface area contributed by atoms with Crippen molar-refractivity contribution in [1.82, 2.24) is 0 Å². The summed E-state index contributed by atoms with van der Waals surface area (Å²) >= 11 is 0. The number of nitrogens with two attached hydrogens (primary N) is 1. The van der Waals surface area contributed by atoms with Gasteiger partial charge < -0.3 is 5.73 Å². The maximum absolute atomic E-state index is 10.2. The number of carbonyl (C=O) groups excluding carboxylic acids is 2. The highest BCUT2D eigenvalue weighted by atomic mass is 16.2. The van der Waals surface area contributed by atoms with E-state index >= 15 is 0 Å². The maximum Gasteiger partial charge on any atom is 0.367 e. The summed E-state index contributed by atoms with van der Waals surface area (Å²) < 4.78 is 0. The zero-order chi connectivity index (χ0) is 11.0. The van der Waals surface area contributed by atoms with Crippen LogP contribution in [0.3, 0.4) is 0 Å². The van der Waals surface area contributed by atoms with E-state index in [0.717, 1.165) is 6.42 Å². The van der Waals surface area contributed by atoms with Crippen LogP contribution in [0.5, 0.6) is 0 Å². The van der Waals surface area contributed by atoms with E-state index in [1.54, 1.807) is 6.92 Å². The van der Waals surface area contributed by atoms with E-state index in [2.05, 4.69) is 9.98 Å². The van der Waals surface area contributed by atoms with Crippen LogP contribution >= 0.6 is 0 Å². The van der Waals surface area contributed by atoms with Crippen molar-refractivity contribution >= 4 is 24.4 Å². The van der Waals surface area contributed by atoms with Gasteiger partial charge in [-0.25, -0.2) is 4.79 Å². The molecule has 14 heavy (non-hydrogen) atoms. The zero-order valence-electron chi connectivity index (χ0n) is 8.23. The van der Waals surface area contributed by atoms with Crippen molar-refractivity contribution < 1.29 is 9.59 Å². The number of rotatable bonds is 2. The molecule has 0 spiro atoms. The van der Waals surface area contributed by atoms with E-state index in [9.17, 15) is 9.59 Å². The number of primary amides is 1. The summed E-state index contributed by atoms with van der Waals surface area (Å²) in [6.45, 7) is 3.68. The first-order chi connectivity index (χ1) is 6.57. The number of urea groups is 1. The van der Waals surface area contributed by atoms with Gasteiger partial charge in [0, 0.05) is 5.57 Å². The third kappa shape index (κ3) is 5.82. The van der Waals surface area contributed by atoms with Crippen molar-refractivity contribution in [3.05, 3.63) is 11.6 Å². The monoisotopic (exact) mass is 195 g/mol. The smallest absolute Gasteiger partial charge is 0.366 e. The fourth-order valence-corrected chi connectivity index (χ4v) is 0.634. The number of allylic oxidation sites excluding steroid dienone is 1. The van der Waals surface area contributed by atoms with Crippen molar-refractivity contribution in [2.75, 3.05) is 0 Å². The summed E-state index contributed by atoms with van der Waals surface area (Å²) in [6.07, 6.45) is 5.40. The lowest BCUT2D eigenvalue weighted by molar-refractivity contribution is -0.114. The number of carbonyl (C=O) groups is 2. The molecule has 3 amide bonds. The molecule has 0 fully saturated rings. The van der Waals surface area contributed by atoms with Crippen LogP contribution in [-0.2, 0) is 4.79 Å². The second-order valence-corrected chi connectivity index (χ2v) is 2.50. The highest BCUT2D eigenvalue weighted by Crippen LogP contribution is 1.91. The van der Waals surface area contributed by atoms with Crippen LogP contribution in [0.25, 0.3) is 0 Å². The SMILES string of the molecule is CCC=C(C)C(N)=O.O=C1N=CC=N1. The van der Waals surface area contributed by atoms with E-state index in [4.69, 9.17) is 5.73 Å². The summed E-state index contributed by atoms with van der Waals surface area (Å²) in [6, 6.07) is -0.407. The average Bonchev–Trinajstić information content (AvgIpc) is 2.57. The summed E-state index contributed by atoms with van der Waals surface area (Å²) in [5, 5.41) is 0. The average molecular weight is 195 g/mol. The second kappa shape index (κ2) is 6.71. The normalized spacial score (nSPS) is 13.9. The minimum Gasteiger partial charge on any atom is -0.366 e. The zero-order valence-corrected chi connectivity index (χ0v) is 8.23. The van der Waals surface area contributed by atoms with Gasteiger partial charge in [0.25, 0.3) is 0 Å². The first-order valence-electron chi connectivity index (χ1n) is 4.15. The molecule has 5 nitrogen and oxygen atoms in total. The van der Waals surface area contributed by atoms with Gasteiger partial charge in [0.1, 0.15) is 0 Å². The number of hydrogen-bond donors (Lipinski definition) is 1.